The smallest absolute Gasteiger partial charge is 0.164 e. The molecule has 20 heavy (non-hydrogen) atoms. The highest BCUT2D eigenvalue weighted by molar-refractivity contribution is 7.86. The number of aryl methyl sites for hydroxylation is 1. The van der Waals surface area contributed by atoms with Gasteiger partial charge in [-0.05, 0) is 20.8 Å². The maximum atomic E-state index is 12.1. The maximum Gasteiger partial charge on any atom is 0.164 e. The fraction of sp³-hybridized carbons (Fsp3) is 0.562. The summed E-state index contributed by atoms with van der Waals surface area (Å²) in [5.74, 6) is 0.903. The number of benzene rings is 1. The van der Waals surface area contributed by atoms with Crippen LogP contribution in [0.2, 0.25) is 0 Å². The van der Waals surface area contributed by atoms with E-state index in [1.807, 2.05) is 45.0 Å². The number of carbonyl (C=O) groups is 1. The predicted molar refractivity (Wildman–Crippen MR) is 83.7 cm³/mol. The Labute approximate surface area is 123 Å². The second kappa shape index (κ2) is 6.19. The molecule has 1 fully saturated rings. The first-order valence-electron chi connectivity index (χ1n) is 7.09. The second-order valence-corrected chi connectivity index (χ2v) is 8.33. The van der Waals surface area contributed by atoms with Crippen molar-refractivity contribution in [2.75, 3.05) is 25.4 Å². The summed E-state index contributed by atoms with van der Waals surface area (Å²) in [6.45, 7) is 8.49. The fourth-order valence-corrected chi connectivity index (χ4v) is 3.82. The van der Waals surface area contributed by atoms with Gasteiger partial charge in [0, 0.05) is 48.2 Å². The van der Waals surface area contributed by atoms with Gasteiger partial charge in [-0.2, -0.15) is 0 Å². The first-order chi connectivity index (χ1) is 9.38. The van der Waals surface area contributed by atoms with Gasteiger partial charge in [0.25, 0.3) is 0 Å². The monoisotopic (exact) mass is 293 g/mol. The molecule has 0 unspecified atom stereocenters. The SMILES string of the molecule is Cc1ccc(C(=O)CCN2CC[S@](=O)C(C)(C)C2)cc1. The molecule has 1 aliphatic heterocycles. The van der Waals surface area contributed by atoms with Crippen molar-refractivity contribution in [3.8, 4) is 0 Å². The average molecular weight is 293 g/mol. The second-order valence-electron chi connectivity index (χ2n) is 6.12. The molecule has 110 valence electrons. The molecule has 1 aromatic rings. The highest BCUT2D eigenvalue weighted by Crippen LogP contribution is 2.20. The summed E-state index contributed by atoms with van der Waals surface area (Å²) in [6, 6.07) is 7.74. The van der Waals surface area contributed by atoms with E-state index in [0.717, 1.165) is 25.2 Å². The van der Waals surface area contributed by atoms with Crippen LogP contribution in [0.25, 0.3) is 0 Å². The Morgan fingerprint density at radius 2 is 1.95 bits per heavy atom. The molecule has 0 amide bonds. The lowest BCUT2D eigenvalue weighted by atomic mass is 10.1. The summed E-state index contributed by atoms with van der Waals surface area (Å²) < 4.78 is 11.7. The number of hydrogen-bond acceptors (Lipinski definition) is 3. The zero-order valence-electron chi connectivity index (χ0n) is 12.5. The molecular weight excluding hydrogens is 270 g/mol. The summed E-state index contributed by atoms with van der Waals surface area (Å²) in [6.07, 6.45) is 0.534. The van der Waals surface area contributed by atoms with Gasteiger partial charge in [-0.15, -0.1) is 0 Å². The highest BCUT2D eigenvalue weighted by atomic mass is 32.2. The number of nitrogens with zero attached hydrogens (tertiary/aromatic N) is 1. The molecule has 0 bridgehead atoms. The molecule has 0 aromatic heterocycles. The Balaban J connectivity index is 1.88. The first kappa shape index (κ1) is 15.4. The average Bonchev–Trinajstić information content (AvgIpc) is 2.40. The molecule has 1 atom stereocenters. The van der Waals surface area contributed by atoms with E-state index in [-0.39, 0.29) is 10.5 Å². The Morgan fingerprint density at radius 1 is 1.30 bits per heavy atom. The van der Waals surface area contributed by atoms with Crippen molar-refractivity contribution in [3.05, 3.63) is 35.4 Å². The van der Waals surface area contributed by atoms with E-state index in [1.165, 1.54) is 5.56 Å². The summed E-state index contributed by atoms with van der Waals surface area (Å²) in [5, 5.41) is 0. The van der Waals surface area contributed by atoms with Crippen molar-refractivity contribution >= 4 is 16.6 Å². The van der Waals surface area contributed by atoms with Crippen molar-refractivity contribution in [2.45, 2.75) is 31.9 Å². The van der Waals surface area contributed by atoms with Crippen LogP contribution < -0.4 is 0 Å². The predicted octanol–water partition coefficient (Wildman–Crippen LogP) is 2.41. The van der Waals surface area contributed by atoms with Gasteiger partial charge in [0.15, 0.2) is 5.78 Å². The quantitative estimate of drug-likeness (QED) is 0.800. The summed E-state index contributed by atoms with van der Waals surface area (Å²) in [4.78, 5) is 14.4. The van der Waals surface area contributed by atoms with E-state index < -0.39 is 10.8 Å². The van der Waals surface area contributed by atoms with Gasteiger partial charge in [0.2, 0.25) is 0 Å². The van der Waals surface area contributed by atoms with Crippen LogP contribution in [0.5, 0.6) is 0 Å². The van der Waals surface area contributed by atoms with Gasteiger partial charge >= 0.3 is 0 Å². The standard InChI is InChI=1S/C16H23NO2S/c1-13-4-6-14(7-5-13)15(18)8-9-17-10-11-20(19)16(2,3)12-17/h4-7H,8-12H2,1-3H3/t20-/m0/s1. The lowest BCUT2D eigenvalue weighted by Gasteiger charge is -2.37. The molecule has 0 saturated carbocycles. The van der Waals surface area contributed by atoms with Gasteiger partial charge in [0.05, 0.1) is 4.75 Å². The minimum atomic E-state index is -0.751. The molecule has 1 saturated heterocycles. The third-order valence-corrected chi connectivity index (χ3v) is 5.76. The number of rotatable bonds is 4. The topological polar surface area (TPSA) is 37.4 Å². The van der Waals surface area contributed by atoms with Crippen LogP contribution in [-0.4, -0.2) is 45.0 Å². The lowest BCUT2D eigenvalue weighted by Crippen LogP contribution is -2.50. The third kappa shape index (κ3) is 3.76. The number of carbonyl (C=O) groups excluding carboxylic acids is 1. The summed E-state index contributed by atoms with van der Waals surface area (Å²) >= 11 is 0. The molecule has 3 nitrogen and oxygen atoms in total. The number of Topliss-reactive ketones (excluding diaryl/α,β-unsaturated/α-hetero) is 1. The van der Waals surface area contributed by atoms with Crippen molar-refractivity contribution < 1.29 is 9.00 Å². The van der Waals surface area contributed by atoms with Crippen molar-refractivity contribution in [1.82, 2.24) is 4.90 Å². The summed E-state index contributed by atoms with van der Waals surface area (Å²) in [5.41, 5.74) is 1.96. The van der Waals surface area contributed by atoms with Gasteiger partial charge in [-0.3, -0.25) is 9.00 Å². The van der Waals surface area contributed by atoms with Gasteiger partial charge in [-0.1, -0.05) is 29.8 Å². The molecule has 0 spiro atoms. The molecular formula is C16H23NO2S. The van der Waals surface area contributed by atoms with Crippen LogP contribution in [-0.2, 0) is 10.8 Å². The molecule has 0 radical (unpaired) electrons. The lowest BCUT2D eigenvalue weighted by molar-refractivity contribution is 0.0962. The Bertz CT molecular complexity index is 508. The molecule has 0 N–H and O–H groups in total. The van der Waals surface area contributed by atoms with Crippen LogP contribution in [0, 0.1) is 6.92 Å². The van der Waals surface area contributed by atoms with Crippen LogP contribution in [0.3, 0.4) is 0 Å². The van der Waals surface area contributed by atoms with Crippen LogP contribution in [0.15, 0.2) is 24.3 Å². The van der Waals surface area contributed by atoms with Gasteiger partial charge < -0.3 is 4.90 Å². The van der Waals surface area contributed by atoms with Gasteiger partial charge in [-0.25, -0.2) is 0 Å². The van der Waals surface area contributed by atoms with Crippen LogP contribution in [0.1, 0.15) is 36.2 Å². The van der Waals surface area contributed by atoms with Gasteiger partial charge in [0.1, 0.15) is 0 Å². The zero-order valence-corrected chi connectivity index (χ0v) is 13.3. The highest BCUT2D eigenvalue weighted by Gasteiger charge is 2.32. The Morgan fingerprint density at radius 3 is 2.55 bits per heavy atom. The fourth-order valence-electron chi connectivity index (χ4n) is 2.51. The minimum Gasteiger partial charge on any atom is -0.301 e. The van der Waals surface area contributed by atoms with Crippen LogP contribution >= 0.6 is 0 Å². The van der Waals surface area contributed by atoms with E-state index in [4.69, 9.17) is 0 Å². The van der Waals surface area contributed by atoms with E-state index >= 15 is 0 Å². The molecule has 1 heterocycles. The first-order valence-corrected chi connectivity index (χ1v) is 8.41. The largest absolute Gasteiger partial charge is 0.301 e. The van der Waals surface area contributed by atoms with E-state index in [1.54, 1.807) is 0 Å². The van der Waals surface area contributed by atoms with Crippen LogP contribution in [0.4, 0.5) is 0 Å². The van der Waals surface area contributed by atoms with E-state index in [9.17, 15) is 9.00 Å². The molecule has 0 aliphatic carbocycles. The minimum absolute atomic E-state index is 0.162. The Hall–Kier alpha value is -1.00. The molecule has 2 rings (SSSR count). The zero-order chi connectivity index (χ0) is 14.8. The number of ketones is 1. The third-order valence-electron chi connectivity index (χ3n) is 3.84. The van der Waals surface area contributed by atoms with E-state index in [2.05, 4.69) is 4.90 Å². The van der Waals surface area contributed by atoms with Crippen molar-refractivity contribution in [1.29, 1.82) is 0 Å². The molecule has 4 heteroatoms. The Kier molecular flexibility index (Phi) is 4.76. The maximum absolute atomic E-state index is 12.1. The summed E-state index contributed by atoms with van der Waals surface area (Å²) in [7, 11) is -0.751. The number of hydrogen-bond donors (Lipinski definition) is 0. The van der Waals surface area contributed by atoms with Crippen molar-refractivity contribution in [3.63, 3.8) is 0 Å². The van der Waals surface area contributed by atoms with Crippen molar-refractivity contribution in [2.24, 2.45) is 0 Å². The normalized spacial score (nSPS) is 22.6. The molecule has 1 aromatic carbocycles. The van der Waals surface area contributed by atoms with E-state index in [0.29, 0.717) is 12.2 Å². The molecule has 1 aliphatic rings.